The molecule has 7 nitrogen and oxygen atoms in total. The fourth-order valence-corrected chi connectivity index (χ4v) is 9.23. The van der Waals surface area contributed by atoms with Crippen LogP contribution in [0.4, 0.5) is 5.69 Å². The molecule has 4 aromatic rings. The van der Waals surface area contributed by atoms with Gasteiger partial charge in [-0.2, -0.15) is 0 Å². The first-order chi connectivity index (χ1) is 23.7. The van der Waals surface area contributed by atoms with Crippen molar-refractivity contribution in [2.45, 2.75) is 24.2 Å². The highest BCUT2D eigenvalue weighted by Gasteiger charge is 2.66. The molecule has 49 heavy (non-hydrogen) atoms. The zero-order valence-corrected chi connectivity index (χ0v) is 28.2. The molecule has 6 atom stereocenters. The number of hydrogen-bond donors (Lipinski definition) is 1. The first-order valence-corrected chi connectivity index (χ1v) is 17.2. The Kier molecular flexibility index (Phi) is 7.52. The second-order valence-corrected chi connectivity index (χ2v) is 14.1. The third kappa shape index (κ3) is 4.61. The van der Waals surface area contributed by atoms with Crippen LogP contribution in [0.2, 0.25) is 0 Å². The van der Waals surface area contributed by atoms with E-state index in [9.17, 15) is 19.5 Å². The van der Waals surface area contributed by atoms with Crippen molar-refractivity contribution in [3.63, 3.8) is 0 Å². The van der Waals surface area contributed by atoms with E-state index in [1.54, 1.807) is 36.4 Å². The first kappa shape index (κ1) is 31.2. The van der Waals surface area contributed by atoms with E-state index >= 15 is 4.79 Å². The van der Waals surface area contributed by atoms with Gasteiger partial charge in [0.15, 0.2) is 23.1 Å². The third-order valence-corrected chi connectivity index (χ3v) is 11.5. The highest BCUT2D eigenvalue weighted by atomic mass is 79.9. The highest BCUT2D eigenvalue weighted by Crippen LogP contribution is 2.64. The summed E-state index contributed by atoms with van der Waals surface area (Å²) < 4.78 is 6.37. The number of amides is 2. The number of halogens is 1. The third-order valence-electron chi connectivity index (χ3n) is 11.0. The molecule has 2 amide bonds. The summed E-state index contributed by atoms with van der Waals surface area (Å²) in [6, 6.07) is 30.7. The molecule has 4 aromatic carbocycles. The lowest BCUT2D eigenvalue weighted by Crippen LogP contribution is -2.58. The van der Waals surface area contributed by atoms with E-state index in [1.807, 2.05) is 66.7 Å². The molecule has 1 saturated carbocycles. The molecule has 3 aliphatic carbocycles. The fraction of sp³-hybridized carbons (Fsp3) is 0.220. The Balaban J connectivity index is 1.36. The number of benzene rings is 4. The van der Waals surface area contributed by atoms with E-state index in [0.29, 0.717) is 34.4 Å². The summed E-state index contributed by atoms with van der Waals surface area (Å²) in [6.45, 7) is 0. The topological polar surface area (TPSA) is 101 Å². The normalized spacial score (nSPS) is 27.6. The standard InChI is InChI=1S/C41H32BrNO6/c1-49-34-20-24(12-19-33(34)44)37-28-17-18-29-36(40(48)43(39(29)47)27-15-13-26(42)14-16-27)31(28)21-32-38(46)30(23-8-4-2-5-9-23)22-35(45)41(32,37)25-10-6-3-7-11-25/h2-17,19-20,22,29,31-32,36-37,44H,18,21H2,1H3. The van der Waals surface area contributed by atoms with Crippen LogP contribution in [0.15, 0.2) is 125 Å². The van der Waals surface area contributed by atoms with Gasteiger partial charge in [-0.15, -0.1) is 0 Å². The van der Waals surface area contributed by atoms with E-state index in [0.717, 1.165) is 10.0 Å². The fourth-order valence-electron chi connectivity index (χ4n) is 8.97. The average molecular weight is 715 g/mol. The molecular formula is C41H32BrNO6. The molecule has 0 bridgehead atoms. The molecule has 1 saturated heterocycles. The predicted molar refractivity (Wildman–Crippen MR) is 188 cm³/mol. The number of carbonyl (C=O) groups is 4. The molecule has 8 heteroatoms. The van der Waals surface area contributed by atoms with Gasteiger partial charge in [-0.3, -0.25) is 24.1 Å². The quantitative estimate of drug-likeness (QED) is 0.174. The Morgan fingerprint density at radius 2 is 1.53 bits per heavy atom. The molecule has 0 radical (unpaired) electrons. The summed E-state index contributed by atoms with van der Waals surface area (Å²) in [5.74, 6) is -4.09. The Labute approximate surface area is 292 Å². The van der Waals surface area contributed by atoms with Crippen LogP contribution in [-0.2, 0) is 24.6 Å². The zero-order valence-electron chi connectivity index (χ0n) is 26.6. The van der Waals surface area contributed by atoms with Gasteiger partial charge in [0.25, 0.3) is 0 Å². The molecule has 0 spiro atoms. The number of rotatable bonds is 5. The number of phenolic OH excluding ortho intramolecular Hbond substituents is 1. The van der Waals surface area contributed by atoms with Gasteiger partial charge in [0.1, 0.15) is 0 Å². The number of aromatic hydroxyl groups is 1. The van der Waals surface area contributed by atoms with Crippen molar-refractivity contribution in [3.05, 3.63) is 142 Å². The molecule has 8 rings (SSSR count). The molecule has 1 aliphatic heterocycles. The van der Waals surface area contributed by atoms with Crippen LogP contribution in [0.25, 0.3) is 5.57 Å². The second-order valence-electron chi connectivity index (χ2n) is 13.2. The van der Waals surface area contributed by atoms with Crippen LogP contribution in [-0.4, -0.2) is 35.6 Å². The van der Waals surface area contributed by atoms with Crippen molar-refractivity contribution >= 4 is 50.6 Å². The lowest BCUT2D eigenvalue weighted by molar-refractivity contribution is -0.135. The lowest BCUT2D eigenvalue weighted by atomic mass is 9.44. The zero-order chi connectivity index (χ0) is 34.0. The minimum Gasteiger partial charge on any atom is -0.504 e. The monoisotopic (exact) mass is 713 g/mol. The van der Waals surface area contributed by atoms with Gasteiger partial charge in [0.2, 0.25) is 11.8 Å². The van der Waals surface area contributed by atoms with Crippen molar-refractivity contribution < 1.29 is 29.0 Å². The number of ether oxygens (including phenoxy) is 1. The molecule has 0 aromatic heterocycles. The number of carbonyl (C=O) groups excluding carboxylic acids is 4. The minimum absolute atomic E-state index is 0.0550. The van der Waals surface area contributed by atoms with Crippen LogP contribution in [0, 0.1) is 23.7 Å². The van der Waals surface area contributed by atoms with Crippen molar-refractivity contribution in [3.8, 4) is 11.5 Å². The average Bonchev–Trinajstić information content (AvgIpc) is 3.39. The molecule has 1 heterocycles. The number of anilines is 1. The van der Waals surface area contributed by atoms with Crippen molar-refractivity contribution in [2.24, 2.45) is 23.7 Å². The van der Waals surface area contributed by atoms with Crippen molar-refractivity contribution in [1.29, 1.82) is 0 Å². The van der Waals surface area contributed by atoms with Crippen LogP contribution in [0.5, 0.6) is 11.5 Å². The lowest BCUT2D eigenvalue weighted by Gasteiger charge is -2.55. The summed E-state index contributed by atoms with van der Waals surface area (Å²) in [5, 5.41) is 10.6. The van der Waals surface area contributed by atoms with E-state index in [1.165, 1.54) is 24.2 Å². The minimum atomic E-state index is -1.36. The van der Waals surface area contributed by atoms with Crippen molar-refractivity contribution in [1.82, 2.24) is 0 Å². The summed E-state index contributed by atoms with van der Waals surface area (Å²) in [7, 11) is 1.46. The SMILES string of the molecule is COc1cc(C2C3=CCC4C(=O)N(c5ccc(Br)cc5)C(=O)C4C3CC3C(=O)C(c4ccccc4)=CC(=O)C32c2ccccc2)ccc1O. The Hall–Kier alpha value is -5.08. The number of nitrogens with zero attached hydrogens (tertiary/aromatic N) is 1. The van der Waals surface area contributed by atoms with Gasteiger partial charge in [0, 0.05) is 21.9 Å². The number of imide groups is 1. The maximum Gasteiger partial charge on any atom is 0.238 e. The van der Waals surface area contributed by atoms with Crippen LogP contribution < -0.4 is 9.64 Å². The number of phenols is 1. The second kappa shape index (κ2) is 11.8. The number of allylic oxidation sites excluding steroid dienone is 4. The van der Waals surface area contributed by atoms with E-state index < -0.39 is 35.0 Å². The maximum absolute atomic E-state index is 15.1. The highest BCUT2D eigenvalue weighted by molar-refractivity contribution is 9.10. The number of fused-ring (bicyclic) bond motifs is 4. The largest absolute Gasteiger partial charge is 0.504 e. The first-order valence-electron chi connectivity index (χ1n) is 16.4. The summed E-state index contributed by atoms with van der Waals surface area (Å²) in [5.41, 5.74) is 2.37. The van der Waals surface area contributed by atoms with Gasteiger partial charge in [-0.1, -0.05) is 94.3 Å². The number of ketones is 2. The van der Waals surface area contributed by atoms with Crippen LogP contribution in [0.3, 0.4) is 0 Å². The molecule has 6 unspecified atom stereocenters. The predicted octanol–water partition coefficient (Wildman–Crippen LogP) is 7.19. The summed E-state index contributed by atoms with van der Waals surface area (Å²) >= 11 is 3.44. The Bertz CT molecular complexity index is 2090. The van der Waals surface area contributed by atoms with Crippen LogP contribution in [0.1, 0.15) is 35.4 Å². The van der Waals surface area contributed by atoms with Gasteiger partial charge in [-0.25, -0.2) is 0 Å². The summed E-state index contributed by atoms with van der Waals surface area (Å²) in [4.78, 5) is 59.9. The molecule has 4 aliphatic rings. The summed E-state index contributed by atoms with van der Waals surface area (Å²) in [6.07, 6.45) is 4.07. The molecule has 2 fully saturated rings. The van der Waals surface area contributed by atoms with E-state index in [2.05, 4.69) is 15.9 Å². The number of methoxy groups -OCH3 is 1. The van der Waals surface area contributed by atoms with Gasteiger partial charge in [0.05, 0.1) is 30.0 Å². The molecule has 244 valence electrons. The van der Waals surface area contributed by atoms with Gasteiger partial charge < -0.3 is 9.84 Å². The van der Waals surface area contributed by atoms with Gasteiger partial charge >= 0.3 is 0 Å². The van der Waals surface area contributed by atoms with Crippen molar-refractivity contribution in [2.75, 3.05) is 12.0 Å². The molecule has 1 N–H and O–H groups in total. The van der Waals surface area contributed by atoms with Crippen LogP contribution >= 0.6 is 15.9 Å². The van der Waals surface area contributed by atoms with E-state index in [4.69, 9.17) is 4.74 Å². The van der Waals surface area contributed by atoms with E-state index in [-0.39, 0.29) is 41.3 Å². The maximum atomic E-state index is 15.1. The van der Waals surface area contributed by atoms with Gasteiger partial charge in [-0.05, 0) is 77.9 Å². The number of hydrogen-bond acceptors (Lipinski definition) is 6. The Morgan fingerprint density at radius 3 is 2.22 bits per heavy atom. The molecular weight excluding hydrogens is 682 g/mol. The number of Topliss-reactive ketones (excluding diaryl/α,β-unsaturated/α-hetero) is 1. The Morgan fingerprint density at radius 1 is 0.837 bits per heavy atom. The smallest absolute Gasteiger partial charge is 0.238 e.